The van der Waals surface area contributed by atoms with E-state index < -0.39 is 5.97 Å². The van der Waals surface area contributed by atoms with E-state index in [1.54, 1.807) is 6.07 Å². The largest absolute Gasteiger partial charge is 0.459 e. The van der Waals surface area contributed by atoms with Crippen molar-refractivity contribution in [2.45, 2.75) is 33.3 Å². The molecule has 26 heavy (non-hydrogen) atoms. The van der Waals surface area contributed by atoms with Gasteiger partial charge in [-0.2, -0.15) is 0 Å². The number of pyridine rings is 1. The molecule has 4 nitrogen and oxygen atoms in total. The van der Waals surface area contributed by atoms with E-state index in [2.05, 4.69) is 4.98 Å². The average Bonchev–Trinajstić information content (AvgIpc) is 3.08. The van der Waals surface area contributed by atoms with Gasteiger partial charge in [-0.15, -0.1) is 11.3 Å². The fourth-order valence-electron chi connectivity index (χ4n) is 2.66. The predicted octanol–water partition coefficient (Wildman–Crippen LogP) is 5.27. The van der Waals surface area contributed by atoms with Crippen LogP contribution in [0.3, 0.4) is 0 Å². The molecule has 3 rings (SSSR count). The maximum absolute atomic E-state index is 12.1. The minimum atomic E-state index is -0.435. The fourth-order valence-corrected chi connectivity index (χ4v) is 3.69. The molecule has 6 heteroatoms. The number of halogens is 1. The highest BCUT2D eigenvalue weighted by Crippen LogP contribution is 2.27. The summed E-state index contributed by atoms with van der Waals surface area (Å²) in [5.74, 6) is -0.479. The lowest BCUT2D eigenvalue weighted by Crippen LogP contribution is -2.09. The number of benzene rings is 1. The number of ketones is 1. The van der Waals surface area contributed by atoms with E-state index >= 15 is 0 Å². The first-order chi connectivity index (χ1) is 12.5. The molecule has 134 valence electrons. The minimum Gasteiger partial charge on any atom is -0.459 e. The molecule has 2 heterocycles. The summed E-state index contributed by atoms with van der Waals surface area (Å²) in [7, 11) is 0. The number of fused-ring (bicyclic) bond motifs is 1. The number of hydrogen-bond donors (Lipinski definition) is 0. The number of ether oxygens (including phenoxy) is 1. The molecule has 1 aromatic carbocycles. The highest BCUT2D eigenvalue weighted by Gasteiger charge is 2.14. The van der Waals surface area contributed by atoms with Crippen LogP contribution in [0.4, 0.5) is 0 Å². The second-order valence-electron chi connectivity index (χ2n) is 6.01. The first kappa shape index (κ1) is 18.5. The van der Waals surface area contributed by atoms with Crippen molar-refractivity contribution >= 4 is 45.6 Å². The molecule has 3 aromatic rings. The van der Waals surface area contributed by atoms with E-state index in [9.17, 15) is 9.59 Å². The molecule has 0 amide bonds. The molecule has 0 aliphatic rings. The van der Waals surface area contributed by atoms with Gasteiger partial charge in [0, 0.05) is 16.7 Å². The lowest BCUT2D eigenvalue weighted by atomic mass is 10.1. The molecule has 0 saturated carbocycles. The van der Waals surface area contributed by atoms with Gasteiger partial charge in [-0.25, -0.2) is 4.98 Å². The Bertz CT molecular complexity index is 980. The molecule has 0 aliphatic carbocycles. The van der Waals surface area contributed by atoms with E-state index in [1.807, 2.05) is 44.2 Å². The third-order valence-electron chi connectivity index (χ3n) is 4.09. The lowest BCUT2D eigenvalue weighted by molar-refractivity contribution is -0.145. The van der Waals surface area contributed by atoms with E-state index in [0.29, 0.717) is 15.6 Å². The van der Waals surface area contributed by atoms with Crippen LogP contribution in [0.15, 0.2) is 36.4 Å². The zero-order valence-electron chi connectivity index (χ0n) is 14.5. The summed E-state index contributed by atoms with van der Waals surface area (Å²) in [6.07, 6.45) is 0.177. The van der Waals surface area contributed by atoms with Crippen molar-refractivity contribution in [3.05, 3.63) is 62.4 Å². The van der Waals surface area contributed by atoms with Gasteiger partial charge in [0.25, 0.3) is 0 Å². The molecule has 0 atom stereocenters. The Balaban J connectivity index is 1.60. The summed E-state index contributed by atoms with van der Waals surface area (Å²) in [6.45, 7) is 3.85. The van der Waals surface area contributed by atoms with Crippen molar-refractivity contribution in [3.8, 4) is 0 Å². The van der Waals surface area contributed by atoms with Gasteiger partial charge in [0.2, 0.25) is 0 Å². The van der Waals surface area contributed by atoms with Gasteiger partial charge in [-0.3, -0.25) is 9.59 Å². The SMILES string of the molecule is Cc1ccc(C(=O)CCC(=O)OCc2nc3ccccc3c(C)c2Cl)s1. The Labute approximate surface area is 160 Å². The number of thiophene rings is 1. The van der Waals surface area contributed by atoms with Crippen LogP contribution in [0, 0.1) is 13.8 Å². The van der Waals surface area contributed by atoms with E-state index in [0.717, 1.165) is 21.3 Å². The minimum absolute atomic E-state index is 0.00432. The van der Waals surface area contributed by atoms with Crippen LogP contribution in [0.1, 0.15) is 38.6 Å². The molecule has 0 N–H and O–H groups in total. The number of aromatic nitrogens is 1. The Kier molecular flexibility index (Phi) is 5.69. The first-order valence-electron chi connectivity index (χ1n) is 8.24. The number of carbonyl (C=O) groups excluding carboxylic acids is 2. The molecule has 0 aliphatic heterocycles. The molecule has 2 aromatic heterocycles. The van der Waals surface area contributed by atoms with Crippen molar-refractivity contribution in [2.24, 2.45) is 0 Å². The monoisotopic (exact) mass is 387 g/mol. The van der Waals surface area contributed by atoms with Crippen LogP contribution in [0.5, 0.6) is 0 Å². The molecule has 0 bridgehead atoms. The van der Waals surface area contributed by atoms with Crippen LogP contribution in [0.2, 0.25) is 5.02 Å². The zero-order chi connectivity index (χ0) is 18.7. The topological polar surface area (TPSA) is 56.3 Å². The highest BCUT2D eigenvalue weighted by atomic mass is 35.5. The zero-order valence-corrected chi connectivity index (χ0v) is 16.1. The molecular weight excluding hydrogens is 370 g/mol. The molecule has 0 fully saturated rings. The lowest BCUT2D eigenvalue weighted by Gasteiger charge is -2.10. The summed E-state index contributed by atoms with van der Waals surface area (Å²) in [5, 5.41) is 1.48. The smallest absolute Gasteiger partial charge is 0.306 e. The van der Waals surface area contributed by atoms with E-state index in [-0.39, 0.29) is 25.2 Å². The van der Waals surface area contributed by atoms with Crippen LogP contribution in [-0.4, -0.2) is 16.7 Å². The van der Waals surface area contributed by atoms with Crippen molar-refractivity contribution in [1.82, 2.24) is 4.98 Å². The quantitative estimate of drug-likeness (QED) is 0.427. The summed E-state index contributed by atoms with van der Waals surface area (Å²) < 4.78 is 5.27. The van der Waals surface area contributed by atoms with Gasteiger partial charge in [0.05, 0.1) is 27.5 Å². The first-order valence-corrected chi connectivity index (χ1v) is 9.44. The van der Waals surface area contributed by atoms with Gasteiger partial charge in [-0.1, -0.05) is 29.8 Å². The Morgan fingerprint density at radius 3 is 2.62 bits per heavy atom. The van der Waals surface area contributed by atoms with Gasteiger partial charge in [0.1, 0.15) is 6.61 Å². The number of hydrogen-bond acceptors (Lipinski definition) is 5. The summed E-state index contributed by atoms with van der Waals surface area (Å²) >= 11 is 7.79. The predicted molar refractivity (Wildman–Crippen MR) is 104 cm³/mol. The number of nitrogens with zero attached hydrogens (tertiary/aromatic N) is 1. The van der Waals surface area contributed by atoms with Crippen molar-refractivity contribution < 1.29 is 14.3 Å². The molecule has 0 radical (unpaired) electrons. The van der Waals surface area contributed by atoms with Crippen LogP contribution < -0.4 is 0 Å². The maximum Gasteiger partial charge on any atom is 0.306 e. The highest BCUT2D eigenvalue weighted by molar-refractivity contribution is 7.14. The number of esters is 1. The Morgan fingerprint density at radius 1 is 1.12 bits per heavy atom. The molecule has 0 saturated heterocycles. The Morgan fingerprint density at radius 2 is 1.88 bits per heavy atom. The second-order valence-corrected chi connectivity index (χ2v) is 7.67. The van der Waals surface area contributed by atoms with E-state index in [1.165, 1.54) is 11.3 Å². The van der Waals surface area contributed by atoms with Crippen LogP contribution in [-0.2, 0) is 16.1 Å². The average molecular weight is 388 g/mol. The van der Waals surface area contributed by atoms with Gasteiger partial charge < -0.3 is 4.74 Å². The van der Waals surface area contributed by atoms with Crippen molar-refractivity contribution in [3.63, 3.8) is 0 Å². The van der Waals surface area contributed by atoms with Gasteiger partial charge in [0.15, 0.2) is 5.78 Å². The number of carbonyl (C=O) groups is 2. The Hall–Kier alpha value is -2.24. The third-order valence-corrected chi connectivity index (χ3v) is 5.63. The number of aryl methyl sites for hydroxylation is 2. The number of para-hydroxylation sites is 1. The second kappa shape index (κ2) is 7.98. The standard InChI is InChI=1S/C20H18ClNO3S/c1-12-7-9-18(26-12)17(23)8-10-19(24)25-11-16-20(21)13(2)14-5-3-4-6-15(14)22-16/h3-7,9H,8,10-11H2,1-2H3. The maximum atomic E-state index is 12.1. The summed E-state index contributed by atoms with van der Waals surface area (Å²) in [6, 6.07) is 11.4. The van der Waals surface area contributed by atoms with Gasteiger partial charge >= 0.3 is 5.97 Å². The van der Waals surface area contributed by atoms with E-state index in [4.69, 9.17) is 16.3 Å². The van der Waals surface area contributed by atoms with Crippen molar-refractivity contribution in [2.75, 3.05) is 0 Å². The number of rotatable bonds is 6. The molecule has 0 spiro atoms. The molecular formula is C20H18ClNO3S. The summed E-state index contributed by atoms with van der Waals surface area (Å²) in [4.78, 5) is 30.2. The van der Waals surface area contributed by atoms with Crippen LogP contribution in [0.25, 0.3) is 10.9 Å². The summed E-state index contributed by atoms with van der Waals surface area (Å²) in [5.41, 5.74) is 2.24. The normalized spacial score (nSPS) is 10.9. The van der Waals surface area contributed by atoms with Crippen LogP contribution >= 0.6 is 22.9 Å². The molecule has 0 unspecified atom stereocenters. The third kappa shape index (κ3) is 4.11. The van der Waals surface area contributed by atoms with Gasteiger partial charge in [-0.05, 0) is 37.6 Å². The number of Topliss-reactive ketones (excluding diaryl/α,β-unsaturated/α-hetero) is 1. The van der Waals surface area contributed by atoms with Crippen molar-refractivity contribution in [1.29, 1.82) is 0 Å². The fraction of sp³-hybridized carbons (Fsp3) is 0.250.